The van der Waals surface area contributed by atoms with Crippen LogP contribution in [0.25, 0.3) is 11.3 Å². The number of furan rings is 1. The summed E-state index contributed by atoms with van der Waals surface area (Å²) >= 11 is 0. The van der Waals surface area contributed by atoms with E-state index >= 15 is 0 Å². The molecule has 1 aromatic heterocycles. The van der Waals surface area contributed by atoms with Crippen molar-refractivity contribution in [1.29, 1.82) is 0 Å². The van der Waals surface area contributed by atoms with Crippen molar-refractivity contribution in [3.05, 3.63) is 41.2 Å². The molecule has 0 saturated heterocycles. The molecular weight excluding hydrogens is 554 g/mol. The fourth-order valence-electron chi connectivity index (χ4n) is 8.00. The van der Waals surface area contributed by atoms with Gasteiger partial charge in [-0.1, -0.05) is 19.3 Å². The Morgan fingerprint density at radius 2 is 1.79 bits per heavy atom. The molecule has 4 aliphatic rings. The number of rotatable bonds is 6. The number of hydrogen-bond donors (Lipinski definition) is 4. The van der Waals surface area contributed by atoms with Crippen LogP contribution in [0.3, 0.4) is 0 Å². The van der Waals surface area contributed by atoms with E-state index in [-0.39, 0.29) is 24.2 Å². The molecule has 1 heterocycles. The highest BCUT2D eigenvalue weighted by Gasteiger charge is 2.69. The highest BCUT2D eigenvalue weighted by atomic mass is 16.3. The summed E-state index contributed by atoms with van der Waals surface area (Å²) in [7, 11) is 3.12. The lowest BCUT2D eigenvalue weighted by Crippen LogP contribution is -2.74. The Bertz CT molecular complexity index is 1520. The second-order valence-electron chi connectivity index (χ2n) is 12.8. The number of amides is 1. The van der Waals surface area contributed by atoms with Gasteiger partial charge in [0.15, 0.2) is 34.7 Å². The third kappa shape index (κ3) is 4.56. The zero-order chi connectivity index (χ0) is 30.8. The van der Waals surface area contributed by atoms with Crippen LogP contribution in [-0.2, 0) is 32.1 Å². The van der Waals surface area contributed by atoms with Crippen LogP contribution in [0.4, 0.5) is 0 Å². The Kier molecular flexibility index (Phi) is 7.38. The minimum atomic E-state index is -2.74. The first-order valence-electron chi connectivity index (χ1n) is 15.0. The first-order chi connectivity index (χ1) is 20.4. The number of Topliss-reactive ketones (excluding diaryl/α,β-unsaturated/α-hetero) is 4. The number of carbonyl (C=O) groups excluding carboxylic acids is 5. The molecule has 5 N–H and O–H groups in total. The third-order valence-electron chi connectivity index (χ3n) is 10.0. The Balaban J connectivity index is 1.35. The number of hydrogen-bond acceptors (Lipinski definition) is 10. The molecule has 0 bridgehead atoms. The fourth-order valence-corrected chi connectivity index (χ4v) is 8.00. The van der Waals surface area contributed by atoms with Crippen LogP contribution in [0.1, 0.15) is 60.2 Å². The van der Waals surface area contributed by atoms with Crippen molar-refractivity contribution >= 4 is 29.0 Å². The summed E-state index contributed by atoms with van der Waals surface area (Å²) in [5.41, 5.74) is 3.69. The number of phenols is 1. The summed E-state index contributed by atoms with van der Waals surface area (Å²) < 4.78 is 6.17. The predicted octanol–water partition coefficient (Wildman–Crippen LogP) is 1.55. The van der Waals surface area contributed by atoms with Gasteiger partial charge in [0.05, 0.1) is 24.1 Å². The van der Waals surface area contributed by atoms with Crippen molar-refractivity contribution in [2.75, 3.05) is 14.1 Å². The van der Waals surface area contributed by atoms with E-state index in [2.05, 4.69) is 5.32 Å². The van der Waals surface area contributed by atoms with E-state index in [1.54, 1.807) is 20.2 Å². The minimum Gasteiger partial charge on any atom is -0.507 e. The van der Waals surface area contributed by atoms with E-state index in [0.717, 1.165) is 18.6 Å². The highest BCUT2D eigenvalue weighted by molar-refractivity contribution is 6.32. The van der Waals surface area contributed by atoms with Gasteiger partial charge in [-0.25, -0.2) is 0 Å². The van der Waals surface area contributed by atoms with Crippen LogP contribution >= 0.6 is 0 Å². The van der Waals surface area contributed by atoms with Gasteiger partial charge in [0, 0.05) is 17.5 Å². The maximum Gasteiger partial charge on any atom is 0.235 e. The van der Waals surface area contributed by atoms with E-state index < -0.39 is 64.4 Å². The van der Waals surface area contributed by atoms with Crippen molar-refractivity contribution in [3.63, 3.8) is 0 Å². The number of phenolic OH excluding ortho intramolecular Hbond substituents is 1. The van der Waals surface area contributed by atoms with Crippen molar-refractivity contribution in [1.82, 2.24) is 10.2 Å². The van der Waals surface area contributed by atoms with Crippen LogP contribution in [0.2, 0.25) is 0 Å². The van der Waals surface area contributed by atoms with Gasteiger partial charge in [0.2, 0.25) is 5.91 Å². The van der Waals surface area contributed by atoms with E-state index in [1.807, 2.05) is 12.1 Å². The average Bonchev–Trinajstić information content (AvgIpc) is 3.43. The van der Waals surface area contributed by atoms with Crippen molar-refractivity contribution in [2.24, 2.45) is 29.4 Å². The van der Waals surface area contributed by atoms with Crippen LogP contribution < -0.4 is 11.1 Å². The number of nitrogens with zero attached hydrogens (tertiary/aromatic N) is 1. The normalized spacial score (nSPS) is 31.1. The second-order valence-corrected chi connectivity index (χ2v) is 12.8. The van der Waals surface area contributed by atoms with Gasteiger partial charge >= 0.3 is 0 Å². The number of aliphatic hydroxyl groups is 1. The smallest absolute Gasteiger partial charge is 0.235 e. The summed E-state index contributed by atoms with van der Waals surface area (Å²) in [4.78, 5) is 68.2. The largest absolute Gasteiger partial charge is 0.507 e. The summed E-state index contributed by atoms with van der Waals surface area (Å²) in [5.74, 6) is -9.41. The molecule has 4 aliphatic carbocycles. The fraction of sp³-hybridized carbons (Fsp3) is 0.531. The lowest BCUT2D eigenvalue weighted by Gasteiger charge is -2.52. The van der Waals surface area contributed by atoms with Crippen LogP contribution in [0, 0.1) is 23.7 Å². The van der Waals surface area contributed by atoms with Crippen molar-refractivity contribution < 1.29 is 38.6 Å². The highest BCUT2D eigenvalue weighted by Crippen LogP contribution is 2.51. The number of primary amides is 1. The molecule has 3 unspecified atom stereocenters. The molecule has 0 spiro atoms. The van der Waals surface area contributed by atoms with E-state index in [1.165, 1.54) is 30.2 Å². The Labute approximate surface area is 248 Å². The van der Waals surface area contributed by atoms with Crippen LogP contribution in [-0.4, -0.2) is 75.9 Å². The summed E-state index contributed by atoms with van der Waals surface area (Å²) in [6.45, 7) is 0.559. The molecule has 1 aromatic carbocycles. The summed E-state index contributed by atoms with van der Waals surface area (Å²) in [6.07, 6.45) is 6.11. The maximum atomic E-state index is 14.0. The molecule has 0 aliphatic heterocycles. The summed E-state index contributed by atoms with van der Waals surface area (Å²) in [6, 6.07) is 6.04. The molecule has 43 heavy (non-hydrogen) atoms. The van der Waals surface area contributed by atoms with Gasteiger partial charge in [0.1, 0.15) is 17.3 Å². The molecule has 11 heteroatoms. The first kappa shape index (κ1) is 29.4. The van der Waals surface area contributed by atoms with Gasteiger partial charge in [0.25, 0.3) is 0 Å². The Morgan fingerprint density at radius 3 is 2.47 bits per heavy atom. The predicted molar refractivity (Wildman–Crippen MR) is 153 cm³/mol. The third-order valence-corrected chi connectivity index (χ3v) is 10.0. The number of fused-ring (bicyclic) bond motifs is 3. The average molecular weight is 592 g/mol. The molecule has 3 fully saturated rings. The number of nitrogens with one attached hydrogen (secondary N) is 1. The standard InChI is InChI=1S/C32H37N3O8/c1-35(2)26-20-13-15-12-19-18(22-11-8-17(43-22)14-34-16-6-4-3-5-7-16)9-10-21(36)24(19)27(37)23(15)29(39)32(20,42)30(40)25(28(26)38)31(33)41/h8-11,15-16,20,23,25-26,34,36,42H,3-7,12-14H2,1-2H3,(H2,33,41)/t15-,20-,23?,25?,26?,32-/m0/s1. The van der Waals surface area contributed by atoms with Gasteiger partial charge < -0.3 is 25.7 Å². The Hall–Kier alpha value is -3.67. The molecule has 6 atom stereocenters. The van der Waals surface area contributed by atoms with Gasteiger partial charge in [-0.2, -0.15) is 0 Å². The minimum absolute atomic E-state index is 0.00625. The SMILES string of the molecule is CN(C)C1C(=O)C(C(N)=O)C(=O)[C@@]2(O)C(=O)C3C(=O)c4c(O)ccc(-c5ccc(CNC6CCCCC6)o5)c4C[C@H]3C[C@@H]12. The first-order valence-corrected chi connectivity index (χ1v) is 15.0. The maximum absolute atomic E-state index is 14.0. The molecule has 2 aromatic rings. The van der Waals surface area contributed by atoms with Gasteiger partial charge in [-0.15, -0.1) is 0 Å². The molecule has 228 valence electrons. The molecule has 6 rings (SSSR count). The van der Waals surface area contributed by atoms with Crippen molar-refractivity contribution in [2.45, 2.75) is 69.2 Å². The van der Waals surface area contributed by atoms with E-state index in [4.69, 9.17) is 10.2 Å². The molecule has 3 saturated carbocycles. The van der Waals surface area contributed by atoms with E-state index in [0.29, 0.717) is 29.5 Å². The number of likely N-dealkylation sites (N-methyl/N-ethyl adjacent to an activating group) is 1. The molecular formula is C32H37N3O8. The zero-order valence-corrected chi connectivity index (χ0v) is 24.3. The van der Waals surface area contributed by atoms with Crippen LogP contribution in [0.15, 0.2) is 28.7 Å². The number of ketones is 4. The lowest BCUT2D eigenvalue weighted by atomic mass is 9.52. The molecule has 1 amide bonds. The zero-order valence-electron chi connectivity index (χ0n) is 24.3. The topological polar surface area (TPSA) is 180 Å². The quantitative estimate of drug-likeness (QED) is 0.360. The van der Waals surface area contributed by atoms with Gasteiger partial charge in [-0.05, 0) is 75.5 Å². The van der Waals surface area contributed by atoms with Crippen LogP contribution in [0.5, 0.6) is 5.75 Å². The van der Waals surface area contributed by atoms with Crippen molar-refractivity contribution in [3.8, 4) is 17.1 Å². The summed E-state index contributed by atoms with van der Waals surface area (Å²) in [5, 5.41) is 26.1. The second kappa shape index (κ2) is 10.8. The van der Waals surface area contributed by atoms with Gasteiger partial charge in [-0.3, -0.25) is 28.9 Å². The lowest BCUT2D eigenvalue weighted by molar-refractivity contribution is -0.181. The van der Waals surface area contributed by atoms with E-state index in [9.17, 15) is 34.2 Å². The Morgan fingerprint density at radius 1 is 1.07 bits per heavy atom. The monoisotopic (exact) mass is 591 g/mol. The number of benzene rings is 1. The number of aromatic hydroxyl groups is 1. The number of nitrogens with two attached hydrogens (primary N) is 1. The number of carbonyl (C=O) groups is 5. The molecule has 0 radical (unpaired) electrons. The molecule has 11 nitrogen and oxygen atoms in total.